The van der Waals surface area contributed by atoms with Crippen molar-refractivity contribution in [2.75, 3.05) is 7.11 Å². The number of carbonyl (C=O) groups excluding carboxylic acids is 1. The Labute approximate surface area is 92.9 Å². The summed E-state index contributed by atoms with van der Waals surface area (Å²) in [5.41, 5.74) is -0.291. The maximum atomic E-state index is 13.1. The van der Waals surface area contributed by atoms with Crippen molar-refractivity contribution in [2.24, 2.45) is 0 Å². The van der Waals surface area contributed by atoms with Crippen molar-refractivity contribution in [3.63, 3.8) is 0 Å². The summed E-state index contributed by atoms with van der Waals surface area (Å²) in [4.78, 5) is 11.7. The predicted molar refractivity (Wildman–Crippen MR) is 55.3 cm³/mol. The van der Waals surface area contributed by atoms with E-state index >= 15 is 0 Å². The Morgan fingerprint density at radius 3 is 2.75 bits per heavy atom. The zero-order chi connectivity index (χ0) is 11.8. The molecular formula is C12H13FO3. The van der Waals surface area contributed by atoms with Gasteiger partial charge in [-0.15, -0.1) is 0 Å². The lowest BCUT2D eigenvalue weighted by Gasteiger charge is -2.43. The molecule has 0 amide bonds. The highest BCUT2D eigenvalue weighted by molar-refractivity contribution is 5.84. The quantitative estimate of drug-likeness (QED) is 0.772. The third kappa shape index (κ3) is 1.59. The average Bonchev–Trinajstić information content (AvgIpc) is 2.23. The van der Waals surface area contributed by atoms with Crippen LogP contribution in [0, 0.1) is 5.82 Å². The number of aliphatic hydroxyl groups is 1. The maximum absolute atomic E-state index is 13.1. The number of methoxy groups -OCH3 is 1. The molecule has 2 rings (SSSR count). The molecule has 1 saturated carbocycles. The van der Waals surface area contributed by atoms with Gasteiger partial charge in [0.15, 0.2) is 0 Å². The molecule has 1 aliphatic carbocycles. The van der Waals surface area contributed by atoms with E-state index in [4.69, 9.17) is 4.74 Å². The van der Waals surface area contributed by atoms with Crippen LogP contribution in [0.3, 0.4) is 0 Å². The van der Waals surface area contributed by atoms with Gasteiger partial charge in [0, 0.05) is 0 Å². The smallest absolute Gasteiger partial charge is 0.316 e. The summed E-state index contributed by atoms with van der Waals surface area (Å²) >= 11 is 0. The van der Waals surface area contributed by atoms with Crippen LogP contribution >= 0.6 is 0 Å². The van der Waals surface area contributed by atoms with E-state index in [1.54, 1.807) is 12.1 Å². The highest BCUT2D eigenvalue weighted by Crippen LogP contribution is 2.44. The summed E-state index contributed by atoms with van der Waals surface area (Å²) in [5.74, 6) is -0.800. The fraction of sp³-hybridized carbons (Fsp3) is 0.417. The van der Waals surface area contributed by atoms with E-state index < -0.39 is 17.5 Å². The number of hydrogen-bond donors (Lipinski definition) is 1. The van der Waals surface area contributed by atoms with Crippen LogP contribution in [0.5, 0.6) is 0 Å². The van der Waals surface area contributed by atoms with Crippen molar-refractivity contribution in [1.29, 1.82) is 0 Å². The summed E-state index contributed by atoms with van der Waals surface area (Å²) in [5, 5.41) is 9.36. The molecular weight excluding hydrogens is 211 g/mol. The van der Waals surface area contributed by atoms with E-state index in [2.05, 4.69) is 0 Å². The second-order valence-electron chi connectivity index (χ2n) is 4.15. The molecule has 4 heteroatoms. The number of halogens is 1. The Morgan fingerprint density at radius 1 is 1.56 bits per heavy atom. The van der Waals surface area contributed by atoms with Gasteiger partial charge in [-0.25, -0.2) is 4.39 Å². The number of carbonyl (C=O) groups is 1. The van der Waals surface area contributed by atoms with Crippen molar-refractivity contribution < 1.29 is 19.0 Å². The molecule has 0 heterocycles. The zero-order valence-corrected chi connectivity index (χ0v) is 8.94. The first-order valence-corrected chi connectivity index (χ1v) is 5.11. The summed E-state index contributed by atoms with van der Waals surface area (Å²) in [6.45, 7) is 0. The molecule has 1 aliphatic rings. The van der Waals surface area contributed by atoms with E-state index in [1.807, 2.05) is 0 Å². The molecule has 0 aromatic heterocycles. The molecule has 1 aromatic rings. The minimum atomic E-state index is -0.865. The molecule has 0 bridgehead atoms. The van der Waals surface area contributed by atoms with Crippen molar-refractivity contribution in [3.05, 3.63) is 35.6 Å². The van der Waals surface area contributed by atoms with Crippen LogP contribution in [-0.4, -0.2) is 24.3 Å². The van der Waals surface area contributed by atoms with Gasteiger partial charge >= 0.3 is 5.97 Å². The maximum Gasteiger partial charge on any atom is 0.316 e. The molecule has 16 heavy (non-hydrogen) atoms. The summed E-state index contributed by atoms with van der Waals surface area (Å²) in [6, 6.07) is 5.89. The van der Waals surface area contributed by atoms with Crippen LogP contribution in [0.4, 0.5) is 4.39 Å². The zero-order valence-electron chi connectivity index (χ0n) is 8.94. The number of hydrogen-bond acceptors (Lipinski definition) is 3. The summed E-state index contributed by atoms with van der Waals surface area (Å²) in [6.07, 6.45) is 0.0778. The molecule has 0 unspecified atom stereocenters. The SMILES string of the molecule is COC(=O)C1(c2cccc(F)c2)CC(O)C1. The van der Waals surface area contributed by atoms with Gasteiger partial charge in [0.05, 0.1) is 18.6 Å². The van der Waals surface area contributed by atoms with E-state index in [-0.39, 0.29) is 5.82 Å². The van der Waals surface area contributed by atoms with E-state index in [0.717, 1.165) is 0 Å². The summed E-state index contributed by atoms with van der Waals surface area (Å²) in [7, 11) is 1.30. The van der Waals surface area contributed by atoms with Gasteiger partial charge in [-0.05, 0) is 30.5 Å². The molecule has 86 valence electrons. The first-order chi connectivity index (χ1) is 7.58. The minimum absolute atomic E-state index is 0.295. The van der Waals surface area contributed by atoms with Gasteiger partial charge in [-0.3, -0.25) is 4.79 Å². The van der Waals surface area contributed by atoms with Gasteiger partial charge in [-0.2, -0.15) is 0 Å². The Hall–Kier alpha value is -1.42. The molecule has 0 spiro atoms. The van der Waals surface area contributed by atoms with Crippen LogP contribution in [0.1, 0.15) is 18.4 Å². The van der Waals surface area contributed by atoms with Crippen LogP contribution < -0.4 is 0 Å². The fourth-order valence-electron chi connectivity index (χ4n) is 2.25. The normalized spacial score (nSPS) is 28.3. The van der Waals surface area contributed by atoms with Crippen LogP contribution in [-0.2, 0) is 14.9 Å². The highest BCUT2D eigenvalue weighted by Gasteiger charge is 2.52. The second-order valence-corrected chi connectivity index (χ2v) is 4.15. The van der Waals surface area contributed by atoms with Crippen molar-refractivity contribution >= 4 is 5.97 Å². The number of aliphatic hydroxyl groups excluding tert-OH is 1. The lowest BCUT2D eigenvalue weighted by Crippen LogP contribution is -2.51. The van der Waals surface area contributed by atoms with Crippen molar-refractivity contribution in [3.8, 4) is 0 Å². The highest BCUT2D eigenvalue weighted by atomic mass is 19.1. The topological polar surface area (TPSA) is 46.5 Å². The molecule has 0 atom stereocenters. The Balaban J connectivity index is 2.37. The Kier molecular flexibility index (Phi) is 2.68. The molecule has 0 aliphatic heterocycles. The number of esters is 1. The lowest BCUT2D eigenvalue weighted by atomic mass is 9.62. The third-order valence-electron chi connectivity index (χ3n) is 3.12. The molecule has 1 aromatic carbocycles. The first-order valence-electron chi connectivity index (χ1n) is 5.11. The second kappa shape index (κ2) is 3.87. The molecule has 0 saturated heterocycles. The predicted octanol–water partition coefficient (Wildman–Crippen LogP) is 1.39. The van der Waals surface area contributed by atoms with Crippen LogP contribution in [0.15, 0.2) is 24.3 Å². The Morgan fingerprint density at radius 2 is 2.25 bits per heavy atom. The number of ether oxygens (including phenoxy) is 1. The molecule has 0 radical (unpaired) electrons. The molecule has 1 fully saturated rings. The number of rotatable bonds is 2. The van der Waals surface area contributed by atoms with Gasteiger partial charge in [0.25, 0.3) is 0 Å². The van der Waals surface area contributed by atoms with Crippen LogP contribution in [0.2, 0.25) is 0 Å². The van der Waals surface area contributed by atoms with Gasteiger partial charge in [-0.1, -0.05) is 12.1 Å². The van der Waals surface area contributed by atoms with E-state index in [9.17, 15) is 14.3 Å². The fourth-order valence-corrected chi connectivity index (χ4v) is 2.25. The third-order valence-corrected chi connectivity index (χ3v) is 3.12. The monoisotopic (exact) mass is 224 g/mol. The van der Waals surface area contributed by atoms with E-state index in [0.29, 0.717) is 18.4 Å². The number of benzene rings is 1. The summed E-state index contributed by atoms with van der Waals surface area (Å²) < 4.78 is 17.8. The first kappa shape index (κ1) is 11.1. The van der Waals surface area contributed by atoms with Crippen LogP contribution in [0.25, 0.3) is 0 Å². The average molecular weight is 224 g/mol. The standard InChI is InChI=1S/C12H13FO3/c1-16-11(15)12(6-10(14)7-12)8-3-2-4-9(13)5-8/h2-5,10,14H,6-7H2,1H3. The largest absolute Gasteiger partial charge is 0.468 e. The van der Waals surface area contributed by atoms with Gasteiger partial charge < -0.3 is 9.84 Å². The van der Waals surface area contributed by atoms with E-state index in [1.165, 1.54) is 19.2 Å². The van der Waals surface area contributed by atoms with Crippen molar-refractivity contribution in [1.82, 2.24) is 0 Å². The van der Waals surface area contributed by atoms with Crippen molar-refractivity contribution in [2.45, 2.75) is 24.4 Å². The van der Waals surface area contributed by atoms with Gasteiger partial charge in [0.2, 0.25) is 0 Å². The molecule has 1 N–H and O–H groups in total. The molecule has 3 nitrogen and oxygen atoms in total. The Bertz CT molecular complexity index is 410. The lowest BCUT2D eigenvalue weighted by molar-refractivity contribution is -0.156. The van der Waals surface area contributed by atoms with Gasteiger partial charge in [0.1, 0.15) is 5.82 Å². The minimum Gasteiger partial charge on any atom is -0.468 e.